The molecule has 24 heavy (non-hydrogen) atoms. The maximum Gasteiger partial charge on any atom is 0.112 e. The van der Waals surface area contributed by atoms with Gasteiger partial charge in [0.1, 0.15) is 16.1 Å². The van der Waals surface area contributed by atoms with E-state index in [1.165, 1.54) is 20.7 Å². The summed E-state index contributed by atoms with van der Waals surface area (Å²) in [6.07, 6.45) is 0. The Bertz CT molecular complexity index is 739. The fourth-order valence-electron chi connectivity index (χ4n) is 3.34. The van der Waals surface area contributed by atoms with Crippen LogP contribution in [0.25, 0.3) is 0 Å². The molecule has 0 amide bonds. The number of benzene rings is 3. The first kappa shape index (κ1) is 16.9. The molecular formula is C22H26Si2. The monoisotopic (exact) mass is 346 g/mol. The lowest BCUT2D eigenvalue weighted by molar-refractivity contribution is 1.66. The molecule has 0 aromatic heterocycles. The van der Waals surface area contributed by atoms with Crippen molar-refractivity contribution in [3.63, 3.8) is 0 Å². The van der Waals surface area contributed by atoms with Crippen molar-refractivity contribution in [1.29, 1.82) is 0 Å². The minimum absolute atomic E-state index is 1.50. The van der Waals surface area contributed by atoms with Gasteiger partial charge in [0.25, 0.3) is 0 Å². The van der Waals surface area contributed by atoms with Crippen molar-refractivity contribution < 1.29 is 0 Å². The second-order valence-corrected chi connectivity index (χ2v) is 16.4. The van der Waals surface area contributed by atoms with Crippen LogP contribution in [-0.2, 0) is 0 Å². The molecule has 3 aromatic carbocycles. The van der Waals surface area contributed by atoms with Gasteiger partial charge in [0, 0.05) is 0 Å². The lowest BCUT2D eigenvalue weighted by Gasteiger charge is -2.28. The molecule has 0 spiro atoms. The SMILES string of the molecule is C[Si](C)(c1ccccc1)c1cccc([Si](C)(C)c2ccccc2)c1. The minimum Gasteiger partial charge on any atom is -0.0629 e. The Hall–Kier alpha value is -1.91. The van der Waals surface area contributed by atoms with Crippen LogP contribution < -0.4 is 20.7 Å². The third kappa shape index (κ3) is 3.17. The molecule has 0 fully saturated rings. The Kier molecular flexibility index (Phi) is 4.61. The molecule has 0 nitrogen and oxygen atoms in total. The summed E-state index contributed by atoms with van der Waals surface area (Å²) in [5.41, 5.74) is 0. The highest BCUT2D eigenvalue weighted by molar-refractivity contribution is 7.02. The fraction of sp³-hybridized carbons (Fsp3) is 0.182. The standard InChI is InChI=1S/C22H26Si2/c1-23(2,19-12-7-5-8-13-19)21-16-11-17-22(18-21)24(3,4)20-14-9-6-10-15-20/h5-18H,1-4H3. The molecule has 0 heterocycles. The van der Waals surface area contributed by atoms with Crippen molar-refractivity contribution >= 4 is 36.9 Å². The molecule has 0 N–H and O–H groups in total. The number of hydrogen-bond donors (Lipinski definition) is 0. The lowest BCUT2D eigenvalue weighted by Crippen LogP contribution is -2.57. The summed E-state index contributed by atoms with van der Waals surface area (Å²) in [4.78, 5) is 0. The maximum absolute atomic E-state index is 2.50. The first-order chi connectivity index (χ1) is 11.4. The molecule has 3 rings (SSSR count). The smallest absolute Gasteiger partial charge is 0.0629 e. The van der Waals surface area contributed by atoms with Gasteiger partial charge in [-0.3, -0.25) is 0 Å². The van der Waals surface area contributed by atoms with E-state index in [4.69, 9.17) is 0 Å². The molecule has 0 saturated carbocycles. The molecule has 0 aliphatic heterocycles. The second-order valence-electron chi connectivity index (χ2n) is 7.56. The second kappa shape index (κ2) is 6.54. The van der Waals surface area contributed by atoms with Gasteiger partial charge in [0.15, 0.2) is 0 Å². The van der Waals surface area contributed by atoms with E-state index in [0.717, 1.165) is 0 Å². The van der Waals surface area contributed by atoms with Gasteiger partial charge in [0.2, 0.25) is 0 Å². The number of rotatable bonds is 4. The summed E-state index contributed by atoms with van der Waals surface area (Å²) in [5.74, 6) is 0. The topological polar surface area (TPSA) is 0 Å². The molecule has 0 atom stereocenters. The molecule has 0 bridgehead atoms. The Morgan fingerprint density at radius 1 is 0.417 bits per heavy atom. The summed E-state index contributed by atoms with van der Waals surface area (Å²) in [5, 5.41) is 6.06. The molecule has 0 aliphatic carbocycles. The van der Waals surface area contributed by atoms with Crippen molar-refractivity contribution in [2.45, 2.75) is 26.2 Å². The van der Waals surface area contributed by atoms with E-state index in [0.29, 0.717) is 0 Å². The third-order valence-electron chi connectivity index (χ3n) is 5.30. The highest BCUT2D eigenvalue weighted by Crippen LogP contribution is 2.08. The zero-order valence-corrected chi connectivity index (χ0v) is 17.1. The van der Waals surface area contributed by atoms with Crippen LogP contribution in [0.1, 0.15) is 0 Å². The zero-order chi connectivity index (χ0) is 17.2. The quantitative estimate of drug-likeness (QED) is 0.636. The fourth-order valence-corrected chi connectivity index (χ4v) is 8.26. The summed E-state index contributed by atoms with van der Waals surface area (Å²) >= 11 is 0. The summed E-state index contributed by atoms with van der Waals surface area (Å²) in [6.45, 7) is 9.83. The van der Waals surface area contributed by atoms with Gasteiger partial charge in [0.05, 0.1) is 0 Å². The van der Waals surface area contributed by atoms with Crippen LogP contribution in [-0.4, -0.2) is 16.1 Å². The van der Waals surface area contributed by atoms with Crippen molar-refractivity contribution in [3.05, 3.63) is 84.9 Å². The van der Waals surface area contributed by atoms with E-state index >= 15 is 0 Å². The average molecular weight is 347 g/mol. The number of hydrogen-bond acceptors (Lipinski definition) is 0. The Morgan fingerprint density at radius 3 is 1.12 bits per heavy atom. The van der Waals surface area contributed by atoms with Crippen LogP contribution in [0, 0.1) is 0 Å². The van der Waals surface area contributed by atoms with Crippen molar-refractivity contribution in [3.8, 4) is 0 Å². The zero-order valence-electron chi connectivity index (χ0n) is 15.1. The predicted molar refractivity (Wildman–Crippen MR) is 113 cm³/mol. The largest absolute Gasteiger partial charge is 0.112 e. The van der Waals surface area contributed by atoms with Crippen LogP contribution in [0.5, 0.6) is 0 Å². The molecule has 122 valence electrons. The van der Waals surface area contributed by atoms with Gasteiger partial charge in [-0.05, 0) is 0 Å². The molecular weight excluding hydrogens is 320 g/mol. The third-order valence-corrected chi connectivity index (χ3v) is 12.4. The summed E-state index contributed by atoms with van der Waals surface area (Å²) in [6, 6.07) is 31.5. The molecule has 3 aromatic rings. The molecule has 0 radical (unpaired) electrons. The highest BCUT2D eigenvalue weighted by atomic mass is 28.3. The molecule has 0 unspecified atom stereocenters. The minimum atomic E-state index is -1.64. The van der Waals surface area contributed by atoms with Gasteiger partial charge < -0.3 is 0 Å². The van der Waals surface area contributed by atoms with Crippen molar-refractivity contribution in [2.24, 2.45) is 0 Å². The van der Waals surface area contributed by atoms with Gasteiger partial charge in [-0.15, -0.1) is 0 Å². The van der Waals surface area contributed by atoms with E-state index in [1.807, 2.05) is 0 Å². The first-order valence-corrected chi connectivity index (χ1v) is 14.6. The Labute approximate surface area is 148 Å². The van der Waals surface area contributed by atoms with Gasteiger partial charge in [-0.2, -0.15) is 0 Å². The van der Waals surface area contributed by atoms with Gasteiger partial charge >= 0.3 is 0 Å². The Balaban J connectivity index is 2.04. The van der Waals surface area contributed by atoms with Crippen LogP contribution in [0.4, 0.5) is 0 Å². The van der Waals surface area contributed by atoms with Crippen LogP contribution in [0.3, 0.4) is 0 Å². The first-order valence-electron chi connectivity index (χ1n) is 8.64. The van der Waals surface area contributed by atoms with E-state index in [9.17, 15) is 0 Å². The van der Waals surface area contributed by atoms with Crippen LogP contribution in [0.2, 0.25) is 26.2 Å². The normalized spacial score (nSPS) is 12.2. The van der Waals surface area contributed by atoms with E-state index in [-0.39, 0.29) is 0 Å². The van der Waals surface area contributed by atoms with Gasteiger partial charge in [-0.1, -0.05) is 132 Å². The van der Waals surface area contributed by atoms with E-state index in [2.05, 4.69) is 111 Å². The van der Waals surface area contributed by atoms with Gasteiger partial charge in [-0.25, -0.2) is 0 Å². The maximum atomic E-state index is 2.50. The van der Waals surface area contributed by atoms with Crippen LogP contribution in [0.15, 0.2) is 84.9 Å². The van der Waals surface area contributed by atoms with Crippen LogP contribution >= 0.6 is 0 Å². The summed E-state index contributed by atoms with van der Waals surface area (Å²) in [7, 11) is -3.29. The van der Waals surface area contributed by atoms with Crippen molar-refractivity contribution in [1.82, 2.24) is 0 Å². The Morgan fingerprint density at radius 2 is 0.750 bits per heavy atom. The predicted octanol–water partition coefficient (Wildman–Crippen LogP) is 3.33. The molecule has 0 aliphatic rings. The average Bonchev–Trinajstić information content (AvgIpc) is 2.63. The summed E-state index contributed by atoms with van der Waals surface area (Å²) < 4.78 is 0. The molecule has 2 heteroatoms. The van der Waals surface area contributed by atoms with E-state index in [1.54, 1.807) is 0 Å². The van der Waals surface area contributed by atoms with Crippen molar-refractivity contribution in [2.75, 3.05) is 0 Å². The molecule has 0 saturated heterocycles. The van der Waals surface area contributed by atoms with E-state index < -0.39 is 16.1 Å². The lowest BCUT2D eigenvalue weighted by atomic mass is 10.3. The highest BCUT2D eigenvalue weighted by Gasteiger charge is 2.30.